The molecule has 256 valence electrons. The van der Waals surface area contributed by atoms with E-state index in [4.69, 9.17) is 16.2 Å². The van der Waals surface area contributed by atoms with Gasteiger partial charge in [0.2, 0.25) is 0 Å². The number of carboxylic acid groups (broad SMARTS) is 2. The summed E-state index contributed by atoms with van der Waals surface area (Å²) >= 11 is 0.971. The van der Waals surface area contributed by atoms with E-state index in [0.29, 0.717) is 57.5 Å². The number of thiophene rings is 1. The highest BCUT2D eigenvalue weighted by Gasteiger charge is 2.30. The van der Waals surface area contributed by atoms with E-state index >= 15 is 0 Å². The molecule has 0 aliphatic carbocycles. The Bertz CT molecular complexity index is 1810. The van der Waals surface area contributed by atoms with Gasteiger partial charge in [-0.1, -0.05) is 18.2 Å². The predicted molar refractivity (Wildman–Crippen MR) is 181 cm³/mol. The lowest BCUT2D eigenvalue weighted by Gasteiger charge is -2.30. The number of amides is 1. The van der Waals surface area contributed by atoms with Crippen molar-refractivity contribution >= 4 is 50.9 Å². The van der Waals surface area contributed by atoms with Crippen LogP contribution in [0, 0.1) is 5.92 Å². The number of sulfonamides is 1. The van der Waals surface area contributed by atoms with Crippen LogP contribution in [0.2, 0.25) is 0 Å². The van der Waals surface area contributed by atoms with Gasteiger partial charge in [-0.25, -0.2) is 13.2 Å². The molecule has 48 heavy (non-hydrogen) atoms. The maximum absolute atomic E-state index is 13.9. The van der Waals surface area contributed by atoms with Crippen molar-refractivity contribution in [2.75, 3.05) is 31.0 Å². The van der Waals surface area contributed by atoms with E-state index in [1.807, 2.05) is 30.3 Å². The van der Waals surface area contributed by atoms with Crippen LogP contribution in [0.5, 0.6) is 5.75 Å². The van der Waals surface area contributed by atoms with Crippen molar-refractivity contribution in [3.63, 3.8) is 0 Å². The Balaban J connectivity index is 1.34. The molecule has 0 unspecified atom stereocenters. The second-order valence-electron chi connectivity index (χ2n) is 11.7. The number of ether oxygens (including phenoxy) is 1. The van der Waals surface area contributed by atoms with Gasteiger partial charge in [-0.05, 0) is 90.7 Å². The number of nitrogens with zero attached hydrogens (tertiary/aromatic N) is 2. The highest BCUT2D eigenvalue weighted by molar-refractivity contribution is 7.92. The first-order valence-corrected chi connectivity index (χ1v) is 17.8. The first kappa shape index (κ1) is 34.7. The molecule has 1 fully saturated rings. The molecule has 3 heterocycles. The molecule has 2 aliphatic rings. The van der Waals surface area contributed by atoms with Gasteiger partial charge < -0.3 is 31.7 Å². The van der Waals surface area contributed by atoms with Gasteiger partial charge in [-0.15, -0.1) is 11.3 Å². The second-order valence-corrected chi connectivity index (χ2v) is 14.3. The molecule has 0 saturated carbocycles. The molecule has 1 atom stereocenters. The van der Waals surface area contributed by atoms with Gasteiger partial charge in [0.1, 0.15) is 21.6 Å². The molecule has 8 N–H and O–H groups in total. The average Bonchev–Trinajstić information content (AvgIpc) is 3.71. The number of fused-ring (bicyclic) bond motifs is 1. The van der Waals surface area contributed by atoms with Crippen LogP contribution in [0.15, 0.2) is 57.7 Å². The van der Waals surface area contributed by atoms with Gasteiger partial charge in [0.25, 0.3) is 15.9 Å². The minimum absolute atomic E-state index is 0.00264. The Morgan fingerprint density at radius 3 is 2.56 bits per heavy atom. The number of benzene rings is 2. The van der Waals surface area contributed by atoms with Crippen LogP contribution < -0.4 is 26.2 Å². The van der Waals surface area contributed by atoms with Crippen molar-refractivity contribution in [1.82, 2.24) is 10.2 Å². The number of nitrogens with two attached hydrogens (primary N) is 2. The summed E-state index contributed by atoms with van der Waals surface area (Å²) in [4.78, 5) is 42.2. The summed E-state index contributed by atoms with van der Waals surface area (Å²) < 4.78 is 36.1. The monoisotopic (exact) mass is 698 g/mol. The number of carbonyl (C=O) groups excluding carboxylic acids is 1. The number of anilines is 1. The second kappa shape index (κ2) is 15.0. The van der Waals surface area contributed by atoms with E-state index in [1.54, 1.807) is 6.07 Å². The number of aliphatic imine (C=N–C) groups is 1. The molecule has 14 nitrogen and oxygen atoms in total. The topological polar surface area (TPSA) is 227 Å². The number of aliphatic carboxylic acids is 2. The summed E-state index contributed by atoms with van der Waals surface area (Å²) in [5.74, 6) is -2.93. The molecule has 2 aromatic carbocycles. The van der Waals surface area contributed by atoms with Gasteiger partial charge >= 0.3 is 11.9 Å². The zero-order valence-electron chi connectivity index (χ0n) is 26.1. The third-order valence-electron chi connectivity index (χ3n) is 8.31. The standard InChI is InChI=1S/C32H38N6O8S2/c33-32(34)35-10-2-5-25(31(42)43)36-29(39)28-24(9-14-47-28)37-48(44,45)26-17-23(16-22-8-13-46-27(22)26)21-4-1-3-19(15-21)18-38-11-6-20(7-12-38)30(40)41/h1,3-4,9,14-17,20,25,37H,2,5-8,10-13,18H2,(H,36,39)(H,40,41)(H,42,43)(H4,33,34,35)/t25-/m0/s1. The number of likely N-dealkylation sites (tertiary alicyclic amines) is 1. The lowest BCUT2D eigenvalue weighted by Crippen LogP contribution is -2.40. The van der Waals surface area contributed by atoms with E-state index in [9.17, 15) is 33.0 Å². The molecule has 1 saturated heterocycles. The quantitative estimate of drug-likeness (QED) is 0.0815. The van der Waals surface area contributed by atoms with E-state index in [0.717, 1.165) is 28.0 Å². The lowest BCUT2D eigenvalue weighted by atomic mass is 9.96. The van der Waals surface area contributed by atoms with Crippen LogP contribution in [0.1, 0.15) is 46.5 Å². The highest BCUT2D eigenvalue weighted by Crippen LogP contribution is 2.39. The minimum Gasteiger partial charge on any atom is -0.492 e. The number of carbonyl (C=O) groups is 3. The molecule has 16 heteroatoms. The Morgan fingerprint density at radius 2 is 1.85 bits per heavy atom. The van der Waals surface area contributed by atoms with Crippen LogP contribution in [0.3, 0.4) is 0 Å². The minimum atomic E-state index is -4.27. The Labute approximate surface area is 281 Å². The van der Waals surface area contributed by atoms with Gasteiger partial charge in [0.05, 0.1) is 18.2 Å². The van der Waals surface area contributed by atoms with E-state index in [-0.39, 0.29) is 46.1 Å². The Hall–Kier alpha value is -4.67. The molecule has 3 aromatic rings. The van der Waals surface area contributed by atoms with E-state index < -0.39 is 33.9 Å². The average molecular weight is 699 g/mol. The van der Waals surface area contributed by atoms with E-state index in [2.05, 4.69) is 19.9 Å². The van der Waals surface area contributed by atoms with Gasteiger partial charge in [-0.2, -0.15) is 0 Å². The summed E-state index contributed by atoms with van der Waals surface area (Å²) in [6.07, 6.45) is 2.08. The van der Waals surface area contributed by atoms with Gasteiger partial charge in [0.15, 0.2) is 5.96 Å². The van der Waals surface area contributed by atoms with Crippen molar-refractivity contribution in [3.8, 4) is 16.9 Å². The van der Waals surface area contributed by atoms with Crippen molar-refractivity contribution in [2.24, 2.45) is 22.4 Å². The molecule has 0 spiro atoms. The predicted octanol–water partition coefficient (Wildman–Crippen LogP) is 2.68. The fourth-order valence-corrected chi connectivity index (χ4v) is 7.94. The molecule has 0 bridgehead atoms. The van der Waals surface area contributed by atoms with E-state index in [1.165, 1.54) is 11.4 Å². The van der Waals surface area contributed by atoms with Crippen LogP contribution in [0.4, 0.5) is 5.69 Å². The summed E-state index contributed by atoms with van der Waals surface area (Å²) in [5, 5.41) is 22.9. The van der Waals surface area contributed by atoms with Crippen LogP contribution in [0.25, 0.3) is 11.1 Å². The molecule has 1 aromatic heterocycles. The summed E-state index contributed by atoms with van der Waals surface area (Å²) in [6, 6.07) is 11.5. The molecule has 5 rings (SSSR count). The van der Waals surface area contributed by atoms with Crippen LogP contribution >= 0.6 is 11.3 Å². The molecular formula is C32H38N6O8S2. The normalized spacial score (nSPS) is 15.6. The number of rotatable bonds is 14. The number of guanidine groups is 1. The molecule has 2 aliphatic heterocycles. The molecule has 1 amide bonds. The Kier molecular flexibility index (Phi) is 10.9. The maximum atomic E-state index is 13.9. The number of carboxylic acids is 2. The highest BCUT2D eigenvalue weighted by atomic mass is 32.2. The smallest absolute Gasteiger partial charge is 0.326 e. The van der Waals surface area contributed by atoms with Crippen molar-refractivity contribution in [2.45, 2.75) is 49.6 Å². The molecular weight excluding hydrogens is 661 g/mol. The van der Waals surface area contributed by atoms with Gasteiger partial charge in [0, 0.05) is 19.5 Å². The van der Waals surface area contributed by atoms with Crippen LogP contribution in [-0.2, 0) is 32.6 Å². The SMILES string of the molecule is NC(N)=NCCC[C@H](NC(=O)c1sccc1NS(=O)(=O)c1cc(-c2cccc(CN3CCC(C(=O)O)CC3)c2)cc2c1OCC2)C(=O)O. The lowest BCUT2D eigenvalue weighted by molar-refractivity contribution is -0.143. The number of hydrogen-bond donors (Lipinski definition) is 6. The molecule has 0 radical (unpaired) electrons. The first-order valence-electron chi connectivity index (χ1n) is 15.4. The number of hydrogen-bond acceptors (Lipinski definition) is 9. The van der Waals surface area contributed by atoms with Crippen molar-refractivity contribution < 1.29 is 37.8 Å². The third kappa shape index (κ3) is 8.42. The largest absolute Gasteiger partial charge is 0.492 e. The zero-order chi connectivity index (χ0) is 34.4. The van der Waals surface area contributed by atoms with Crippen LogP contribution in [-0.4, -0.2) is 79.6 Å². The number of nitrogens with one attached hydrogen (secondary N) is 2. The van der Waals surface area contributed by atoms with Gasteiger partial charge in [-0.3, -0.25) is 24.2 Å². The Morgan fingerprint density at radius 1 is 1.08 bits per heavy atom. The number of piperidine rings is 1. The third-order valence-corrected chi connectivity index (χ3v) is 10.6. The first-order chi connectivity index (χ1) is 22.9. The fraction of sp³-hybridized carbons (Fsp3) is 0.375. The summed E-state index contributed by atoms with van der Waals surface area (Å²) in [5.41, 5.74) is 13.9. The van der Waals surface area contributed by atoms with Crippen molar-refractivity contribution in [1.29, 1.82) is 0 Å². The maximum Gasteiger partial charge on any atom is 0.326 e. The summed E-state index contributed by atoms with van der Waals surface area (Å²) in [7, 11) is -4.27. The fourth-order valence-electron chi connectivity index (χ4n) is 5.83. The summed E-state index contributed by atoms with van der Waals surface area (Å²) in [6.45, 7) is 2.52. The zero-order valence-corrected chi connectivity index (χ0v) is 27.7. The van der Waals surface area contributed by atoms with Crippen molar-refractivity contribution in [3.05, 3.63) is 63.8 Å².